The van der Waals surface area contributed by atoms with E-state index in [2.05, 4.69) is 17.9 Å². The highest BCUT2D eigenvalue weighted by Gasteiger charge is 2.14. The van der Waals surface area contributed by atoms with Crippen molar-refractivity contribution in [2.24, 2.45) is 5.92 Å². The lowest BCUT2D eigenvalue weighted by Crippen LogP contribution is -2.28. The molecule has 0 fully saturated rings. The fourth-order valence-electron chi connectivity index (χ4n) is 1.90. The van der Waals surface area contributed by atoms with Crippen LogP contribution in [0.15, 0.2) is 24.3 Å². The smallest absolute Gasteiger partial charge is 0.0781 e. The highest BCUT2D eigenvalue weighted by Crippen LogP contribution is 2.26. The van der Waals surface area contributed by atoms with E-state index in [1.165, 1.54) is 0 Å². The molecule has 0 saturated carbocycles. The van der Waals surface area contributed by atoms with Crippen LogP contribution in [-0.2, 0) is 0 Å². The van der Waals surface area contributed by atoms with Crippen molar-refractivity contribution >= 4 is 5.69 Å². The summed E-state index contributed by atoms with van der Waals surface area (Å²) in [6.07, 6.45) is -0.488. The minimum atomic E-state index is -0.488. The Kier molecular flexibility index (Phi) is 4.99. The molecule has 0 bridgehead atoms. The molecule has 0 aliphatic carbocycles. The molecule has 0 aliphatic rings. The monoisotopic (exact) mass is 232 g/mol. The molecule has 0 saturated heterocycles. The highest BCUT2D eigenvalue weighted by molar-refractivity contribution is 5.54. The fourth-order valence-corrected chi connectivity index (χ4v) is 1.90. The molecule has 0 amide bonds. The standard InChI is InChI=1S/C14H20N2O/c1-4-16(10-11(2)9-15)14-8-6-5-7-13(14)12(3)17/h5-8,11-12,17H,4,10H2,1-3H3/t11?,12-/m0/s1. The second kappa shape index (κ2) is 6.27. The van der Waals surface area contributed by atoms with E-state index in [1.807, 2.05) is 31.2 Å². The summed E-state index contributed by atoms with van der Waals surface area (Å²) in [5.41, 5.74) is 1.94. The summed E-state index contributed by atoms with van der Waals surface area (Å²) in [6, 6.07) is 10.1. The number of nitrogens with zero attached hydrogens (tertiary/aromatic N) is 2. The molecule has 17 heavy (non-hydrogen) atoms. The molecule has 1 unspecified atom stereocenters. The summed E-state index contributed by atoms with van der Waals surface area (Å²) in [5, 5.41) is 18.6. The van der Waals surface area contributed by atoms with Crippen LogP contribution in [0.1, 0.15) is 32.4 Å². The minimum Gasteiger partial charge on any atom is -0.389 e. The SMILES string of the molecule is CCN(CC(C)C#N)c1ccccc1[C@H](C)O. The maximum Gasteiger partial charge on any atom is 0.0781 e. The van der Waals surface area contributed by atoms with E-state index in [-0.39, 0.29) is 5.92 Å². The first-order chi connectivity index (χ1) is 8.10. The molecule has 0 aromatic heterocycles. The molecule has 0 spiro atoms. The topological polar surface area (TPSA) is 47.3 Å². The van der Waals surface area contributed by atoms with Gasteiger partial charge in [-0.3, -0.25) is 0 Å². The van der Waals surface area contributed by atoms with Gasteiger partial charge in [0.05, 0.1) is 18.1 Å². The second-order valence-electron chi connectivity index (χ2n) is 4.30. The Morgan fingerprint density at radius 2 is 2.00 bits per heavy atom. The zero-order valence-electron chi connectivity index (χ0n) is 10.7. The number of nitriles is 1. The summed E-state index contributed by atoms with van der Waals surface area (Å²) in [7, 11) is 0. The van der Waals surface area contributed by atoms with Crippen LogP contribution in [0, 0.1) is 17.2 Å². The first kappa shape index (κ1) is 13.5. The van der Waals surface area contributed by atoms with Crippen molar-refractivity contribution in [1.29, 1.82) is 5.26 Å². The zero-order chi connectivity index (χ0) is 12.8. The van der Waals surface area contributed by atoms with E-state index in [9.17, 15) is 5.11 Å². The predicted octanol–water partition coefficient (Wildman–Crippen LogP) is 2.73. The normalized spacial score (nSPS) is 13.8. The second-order valence-corrected chi connectivity index (χ2v) is 4.30. The van der Waals surface area contributed by atoms with Gasteiger partial charge in [-0.1, -0.05) is 18.2 Å². The molecule has 2 atom stereocenters. The van der Waals surface area contributed by atoms with Crippen LogP contribution in [0.3, 0.4) is 0 Å². The van der Waals surface area contributed by atoms with Crippen molar-refractivity contribution in [3.8, 4) is 6.07 Å². The average Bonchev–Trinajstić information content (AvgIpc) is 2.35. The van der Waals surface area contributed by atoms with Crippen LogP contribution in [0.5, 0.6) is 0 Å². The predicted molar refractivity (Wildman–Crippen MR) is 69.7 cm³/mol. The van der Waals surface area contributed by atoms with E-state index in [4.69, 9.17) is 5.26 Å². The number of hydrogen-bond acceptors (Lipinski definition) is 3. The molecule has 1 rings (SSSR count). The number of benzene rings is 1. The molecule has 0 aliphatic heterocycles. The van der Waals surface area contributed by atoms with Crippen LogP contribution >= 0.6 is 0 Å². The largest absolute Gasteiger partial charge is 0.389 e. The van der Waals surface area contributed by atoms with Crippen LogP contribution in [0.25, 0.3) is 0 Å². The van der Waals surface area contributed by atoms with Crippen molar-refractivity contribution in [2.75, 3.05) is 18.0 Å². The average molecular weight is 232 g/mol. The van der Waals surface area contributed by atoms with Gasteiger partial charge in [0, 0.05) is 24.3 Å². The van der Waals surface area contributed by atoms with Gasteiger partial charge < -0.3 is 10.0 Å². The van der Waals surface area contributed by atoms with Crippen molar-refractivity contribution in [3.05, 3.63) is 29.8 Å². The molecule has 1 aromatic rings. The van der Waals surface area contributed by atoms with Gasteiger partial charge in [0.2, 0.25) is 0 Å². The lowest BCUT2D eigenvalue weighted by Gasteiger charge is -2.27. The molecular formula is C14H20N2O. The number of para-hydroxylation sites is 1. The van der Waals surface area contributed by atoms with Crippen LogP contribution < -0.4 is 4.90 Å². The molecule has 3 nitrogen and oxygen atoms in total. The molecule has 1 aromatic carbocycles. The van der Waals surface area contributed by atoms with Gasteiger partial charge in [0.1, 0.15) is 0 Å². The number of aliphatic hydroxyl groups is 1. The summed E-state index contributed by atoms with van der Waals surface area (Å²) >= 11 is 0. The van der Waals surface area contributed by atoms with Gasteiger partial charge >= 0.3 is 0 Å². The molecule has 0 heterocycles. The summed E-state index contributed by atoms with van der Waals surface area (Å²) < 4.78 is 0. The highest BCUT2D eigenvalue weighted by atomic mass is 16.3. The first-order valence-corrected chi connectivity index (χ1v) is 6.01. The lowest BCUT2D eigenvalue weighted by molar-refractivity contribution is 0.199. The third kappa shape index (κ3) is 3.47. The Hall–Kier alpha value is -1.53. The molecule has 3 heteroatoms. The van der Waals surface area contributed by atoms with Crippen molar-refractivity contribution < 1.29 is 5.11 Å². The van der Waals surface area contributed by atoms with Gasteiger partial charge in [-0.05, 0) is 26.8 Å². The Morgan fingerprint density at radius 3 is 2.53 bits per heavy atom. The Bertz CT molecular complexity index is 395. The Labute approximate surface area is 103 Å². The molecule has 0 radical (unpaired) electrons. The quantitative estimate of drug-likeness (QED) is 0.849. The number of hydrogen-bond donors (Lipinski definition) is 1. The third-order valence-electron chi connectivity index (χ3n) is 2.82. The lowest BCUT2D eigenvalue weighted by atomic mass is 10.1. The Morgan fingerprint density at radius 1 is 1.35 bits per heavy atom. The van der Waals surface area contributed by atoms with E-state index in [1.54, 1.807) is 6.92 Å². The fraction of sp³-hybridized carbons (Fsp3) is 0.500. The van der Waals surface area contributed by atoms with Crippen molar-refractivity contribution in [3.63, 3.8) is 0 Å². The summed E-state index contributed by atoms with van der Waals surface area (Å²) in [4.78, 5) is 2.13. The van der Waals surface area contributed by atoms with E-state index >= 15 is 0 Å². The molecule has 92 valence electrons. The molecule has 1 N–H and O–H groups in total. The first-order valence-electron chi connectivity index (χ1n) is 6.01. The van der Waals surface area contributed by atoms with E-state index in [0.29, 0.717) is 6.54 Å². The number of rotatable bonds is 5. The number of aliphatic hydroxyl groups excluding tert-OH is 1. The zero-order valence-corrected chi connectivity index (χ0v) is 10.7. The van der Waals surface area contributed by atoms with E-state index in [0.717, 1.165) is 17.8 Å². The maximum absolute atomic E-state index is 9.75. The third-order valence-corrected chi connectivity index (χ3v) is 2.82. The maximum atomic E-state index is 9.75. The van der Waals surface area contributed by atoms with Gasteiger partial charge in [0.25, 0.3) is 0 Å². The minimum absolute atomic E-state index is 0.0167. The van der Waals surface area contributed by atoms with Crippen molar-refractivity contribution in [2.45, 2.75) is 26.9 Å². The van der Waals surface area contributed by atoms with Gasteiger partial charge in [-0.25, -0.2) is 0 Å². The van der Waals surface area contributed by atoms with Crippen LogP contribution in [0.4, 0.5) is 5.69 Å². The van der Waals surface area contributed by atoms with Gasteiger partial charge in [0.15, 0.2) is 0 Å². The Balaban J connectivity index is 2.99. The summed E-state index contributed by atoms with van der Waals surface area (Å²) in [5.74, 6) is -0.0167. The van der Waals surface area contributed by atoms with Gasteiger partial charge in [-0.15, -0.1) is 0 Å². The molecular weight excluding hydrogens is 212 g/mol. The van der Waals surface area contributed by atoms with Crippen molar-refractivity contribution in [1.82, 2.24) is 0 Å². The van der Waals surface area contributed by atoms with Crippen LogP contribution in [0.2, 0.25) is 0 Å². The van der Waals surface area contributed by atoms with E-state index < -0.39 is 6.10 Å². The van der Waals surface area contributed by atoms with Gasteiger partial charge in [-0.2, -0.15) is 5.26 Å². The van der Waals surface area contributed by atoms with Crippen LogP contribution in [-0.4, -0.2) is 18.2 Å². The number of anilines is 1. The summed E-state index contributed by atoms with van der Waals surface area (Å²) in [6.45, 7) is 7.25.